The molecule has 1 aromatic rings. The molecule has 1 aromatic carbocycles. The predicted octanol–water partition coefficient (Wildman–Crippen LogP) is 2.52. The first-order chi connectivity index (χ1) is 8.13. The molecular weight excluding hydrogens is 220 g/mol. The lowest BCUT2D eigenvalue weighted by atomic mass is 10.1. The van der Waals surface area contributed by atoms with Gasteiger partial charge in [-0.1, -0.05) is 6.92 Å². The summed E-state index contributed by atoms with van der Waals surface area (Å²) in [7, 11) is 0. The van der Waals surface area contributed by atoms with Crippen molar-refractivity contribution in [2.75, 3.05) is 6.61 Å². The van der Waals surface area contributed by atoms with Crippen LogP contribution in [0, 0.1) is 0 Å². The fourth-order valence-electron chi connectivity index (χ4n) is 1.35. The summed E-state index contributed by atoms with van der Waals surface area (Å²) in [5.74, 6) is -0.0667. The van der Waals surface area contributed by atoms with Crippen LogP contribution in [-0.4, -0.2) is 23.5 Å². The minimum absolute atomic E-state index is 0.0995. The van der Waals surface area contributed by atoms with E-state index in [0.717, 1.165) is 0 Å². The molecule has 0 fully saturated rings. The second-order valence-corrected chi connectivity index (χ2v) is 3.65. The van der Waals surface area contributed by atoms with Gasteiger partial charge in [-0.15, -0.1) is 0 Å². The number of carboxylic acids is 1. The molecule has 0 heterocycles. The van der Waals surface area contributed by atoms with Gasteiger partial charge in [-0.05, 0) is 30.7 Å². The van der Waals surface area contributed by atoms with Gasteiger partial charge in [0.25, 0.3) is 0 Å². The minimum Gasteiger partial charge on any atom is -0.494 e. The molecule has 0 bridgehead atoms. The number of carbonyl (C=O) groups excluding carboxylic acids is 1. The molecule has 1 N–H and O–H groups in total. The average molecular weight is 236 g/mol. The molecule has 0 saturated heterocycles. The van der Waals surface area contributed by atoms with Crippen molar-refractivity contribution in [3.8, 4) is 5.75 Å². The van der Waals surface area contributed by atoms with Crippen molar-refractivity contribution < 1.29 is 19.4 Å². The third-order valence-electron chi connectivity index (χ3n) is 2.30. The summed E-state index contributed by atoms with van der Waals surface area (Å²) in [5.41, 5.74) is 0.672. The van der Waals surface area contributed by atoms with Gasteiger partial charge in [-0.2, -0.15) is 0 Å². The SMILES string of the molecule is CCC(=O)c1ccc(OCCCC(=O)O)cc1. The van der Waals surface area contributed by atoms with Crippen LogP contribution in [0.15, 0.2) is 24.3 Å². The van der Waals surface area contributed by atoms with Crippen molar-refractivity contribution >= 4 is 11.8 Å². The molecule has 0 aliphatic heterocycles. The molecular formula is C13H16O4. The summed E-state index contributed by atoms with van der Waals surface area (Å²) in [6, 6.07) is 6.89. The number of aliphatic carboxylic acids is 1. The van der Waals surface area contributed by atoms with Crippen LogP contribution in [0.1, 0.15) is 36.5 Å². The first kappa shape index (κ1) is 13.2. The summed E-state index contributed by atoms with van der Waals surface area (Å²) in [6.07, 6.45) is 1.07. The van der Waals surface area contributed by atoms with Gasteiger partial charge in [0.1, 0.15) is 5.75 Å². The molecule has 0 aliphatic carbocycles. The van der Waals surface area contributed by atoms with E-state index in [2.05, 4.69) is 0 Å². The van der Waals surface area contributed by atoms with E-state index >= 15 is 0 Å². The fourth-order valence-corrected chi connectivity index (χ4v) is 1.35. The highest BCUT2D eigenvalue weighted by Crippen LogP contribution is 2.13. The number of hydrogen-bond donors (Lipinski definition) is 1. The van der Waals surface area contributed by atoms with Gasteiger partial charge in [0.2, 0.25) is 0 Å². The van der Waals surface area contributed by atoms with Crippen molar-refractivity contribution in [3.05, 3.63) is 29.8 Å². The first-order valence-electron chi connectivity index (χ1n) is 5.61. The number of Topliss-reactive ketones (excluding diaryl/α,β-unsaturated/α-hetero) is 1. The number of carboxylic acid groups (broad SMARTS) is 1. The third kappa shape index (κ3) is 4.68. The maximum atomic E-state index is 11.4. The zero-order valence-corrected chi connectivity index (χ0v) is 9.81. The lowest BCUT2D eigenvalue weighted by molar-refractivity contribution is -0.137. The summed E-state index contributed by atoms with van der Waals surface area (Å²) in [4.78, 5) is 21.6. The van der Waals surface area contributed by atoms with Crippen molar-refractivity contribution in [2.45, 2.75) is 26.2 Å². The van der Waals surface area contributed by atoms with E-state index < -0.39 is 5.97 Å². The Morgan fingerprint density at radius 3 is 2.41 bits per heavy atom. The average Bonchev–Trinajstić information content (AvgIpc) is 2.34. The Kier molecular flexibility index (Phi) is 5.20. The molecule has 4 heteroatoms. The van der Waals surface area contributed by atoms with E-state index in [1.807, 2.05) is 6.92 Å². The molecule has 4 nitrogen and oxygen atoms in total. The maximum Gasteiger partial charge on any atom is 0.303 e. The largest absolute Gasteiger partial charge is 0.494 e. The topological polar surface area (TPSA) is 63.6 Å². The fraction of sp³-hybridized carbons (Fsp3) is 0.385. The number of ketones is 1. The molecule has 0 saturated carbocycles. The standard InChI is InChI=1S/C13H16O4/c1-2-12(14)10-5-7-11(8-6-10)17-9-3-4-13(15)16/h5-8H,2-4,9H2,1H3,(H,15,16). The molecule has 17 heavy (non-hydrogen) atoms. The summed E-state index contributed by atoms with van der Waals surface area (Å²) < 4.78 is 5.35. The highest BCUT2D eigenvalue weighted by molar-refractivity contribution is 5.95. The second-order valence-electron chi connectivity index (χ2n) is 3.65. The smallest absolute Gasteiger partial charge is 0.303 e. The Balaban J connectivity index is 2.40. The molecule has 0 atom stereocenters. The number of ether oxygens (including phenoxy) is 1. The number of carbonyl (C=O) groups is 2. The van der Waals surface area contributed by atoms with Crippen LogP contribution in [0.2, 0.25) is 0 Å². The Morgan fingerprint density at radius 2 is 1.88 bits per heavy atom. The quantitative estimate of drug-likeness (QED) is 0.583. The molecule has 1 rings (SSSR count). The summed E-state index contributed by atoms with van der Waals surface area (Å²) in [6.45, 7) is 2.19. The van der Waals surface area contributed by atoms with E-state index in [0.29, 0.717) is 30.8 Å². The van der Waals surface area contributed by atoms with Crippen molar-refractivity contribution in [1.29, 1.82) is 0 Å². The second kappa shape index (κ2) is 6.68. The van der Waals surface area contributed by atoms with Crippen LogP contribution >= 0.6 is 0 Å². The molecule has 0 aliphatic rings. The van der Waals surface area contributed by atoms with Gasteiger partial charge < -0.3 is 9.84 Å². The van der Waals surface area contributed by atoms with Crippen LogP contribution < -0.4 is 4.74 Å². The molecule has 0 aromatic heterocycles. The molecule has 0 amide bonds. The first-order valence-corrected chi connectivity index (χ1v) is 5.61. The van der Waals surface area contributed by atoms with Gasteiger partial charge in [-0.3, -0.25) is 9.59 Å². The Hall–Kier alpha value is -1.84. The predicted molar refractivity (Wildman–Crippen MR) is 63.4 cm³/mol. The van der Waals surface area contributed by atoms with E-state index in [9.17, 15) is 9.59 Å². The molecule has 0 spiro atoms. The normalized spacial score (nSPS) is 9.94. The van der Waals surface area contributed by atoms with Gasteiger partial charge in [-0.25, -0.2) is 0 Å². The van der Waals surface area contributed by atoms with E-state index in [1.165, 1.54) is 0 Å². The van der Waals surface area contributed by atoms with Crippen LogP contribution in [0.25, 0.3) is 0 Å². The molecule has 0 radical (unpaired) electrons. The highest BCUT2D eigenvalue weighted by Gasteiger charge is 2.03. The molecule has 92 valence electrons. The van der Waals surface area contributed by atoms with Crippen LogP contribution in [-0.2, 0) is 4.79 Å². The van der Waals surface area contributed by atoms with Crippen molar-refractivity contribution in [1.82, 2.24) is 0 Å². The monoisotopic (exact) mass is 236 g/mol. The van der Waals surface area contributed by atoms with Gasteiger partial charge in [0, 0.05) is 18.4 Å². The molecule has 0 unspecified atom stereocenters. The Morgan fingerprint density at radius 1 is 1.24 bits per heavy atom. The number of hydrogen-bond acceptors (Lipinski definition) is 3. The third-order valence-corrected chi connectivity index (χ3v) is 2.30. The Labute approximate surface area is 100 Å². The van der Waals surface area contributed by atoms with Crippen LogP contribution in [0.3, 0.4) is 0 Å². The van der Waals surface area contributed by atoms with Crippen molar-refractivity contribution in [2.24, 2.45) is 0 Å². The number of rotatable bonds is 7. The van der Waals surface area contributed by atoms with Gasteiger partial charge >= 0.3 is 5.97 Å². The van der Waals surface area contributed by atoms with Gasteiger partial charge in [0.15, 0.2) is 5.78 Å². The van der Waals surface area contributed by atoms with E-state index in [-0.39, 0.29) is 12.2 Å². The minimum atomic E-state index is -0.822. The van der Waals surface area contributed by atoms with Crippen molar-refractivity contribution in [3.63, 3.8) is 0 Å². The highest BCUT2D eigenvalue weighted by atomic mass is 16.5. The maximum absolute atomic E-state index is 11.4. The zero-order valence-electron chi connectivity index (χ0n) is 9.81. The zero-order chi connectivity index (χ0) is 12.7. The summed E-state index contributed by atoms with van der Waals surface area (Å²) in [5, 5.41) is 8.44. The number of benzene rings is 1. The lowest BCUT2D eigenvalue weighted by Gasteiger charge is -2.05. The Bertz CT molecular complexity index is 381. The lowest BCUT2D eigenvalue weighted by Crippen LogP contribution is -2.02. The van der Waals surface area contributed by atoms with E-state index in [4.69, 9.17) is 9.84 Å². The van der Waals surface area contributed by atoms with Crippen LogP contribution in [0.5, 0.6) is 5.75 Å². The summed E-state index contributed by atoms with van der Waals surface area (Å²) >= 11 is 0. The van der Waals surface area contributed by atoms with Gasteiger partial charge in [0.05, 0.1) is 6.61 Å². The van der Waals surface area contributed by atoms with E-state index in [1.54, 1.807) is 24.3 Å². The van der Waals surface area contributed by atoms with Crippen LogP contribution in [0.4, 0.5) is 0 Å².